The van der Waals surface area contributed by atoms with Crippen LogP contribution in [0.3, 0.4) is 0 Å². The molecule has 2 atom stereocenters. The van der Waals surface area contributed by atoms with E-state index in [0.29, 0.717) is 39.5 Å². The highest BCUT2D eigenvalue weighted by atomic mass is 32.1. The average Bonchev–Trinajstić information content (AvgIpc) is 3.14. The summed E-state index contributed by atoms with van der Waals surface area (Å²) in [5, 5.41) is 16.2. The van der Waals surface area contributed by atoms with Crippen molar-refractivity contribution in [1.82, 2.24) is 15.3 Å². The van der Waals surface area contributed by atoms with Gasteiger partial charge in [-0.25, -0.2) is 19.2 Å². The molecule has 2 aromatic heterocycles. The maximum Gasteiger partial charge on any atom is 0.346 e. The molecular formula is C23H25FN4O4S. The van der Waals surface area contributed by atoms with Crippen molar-refractivity contribution in [3.05, 3.63) is 40.8 Å². The number of ether oxygens (including phenoxy) is 1. The molecule has 10 heteroatoms. The van der Waals surface area contributed by atoms with E-state index in [1.807, 2.05) is 0 Å². The van der Waals surface area contributed by atoms with Gasteiger partial charge in [0.1, 0.15) is 39.5 Å². The number of thiophene rings is 1. The molecule has 0 bridgehead atoms. The molecule has 3 aromatic rings. The lowest BCUT2D eigenvalue weighted by Crippen LogP contribution is -2.47. The largest absolute Gasteiger partial charge is 0.486 e. The maximum atomic E-state index is 14.1. The van der Waals surface area contributed by atoms with Gasteiger partial charge in [-0.1, -0.05) is 13.3 Å². The van der Waals surface area contributed by atoms with Gasteiger partial charge in [0.2, 0.25) is 5.91 Å². The summed E-state index contributed by atoms with van der Waals surface area (Å²) < 4.78 is 20.4. The summed E-state index contributed by atoms with van der Waals surface area (Å²) in [6, 6.07) is 4.02. The molecule has 174 valence electrons. The van der Waals surface area contributed by atoms with E-state index >= 15 is 0 Å². The van der Waals surface area contributed by atoms with Crippen molar-refractivity contribution in [2.75, 3.05) is 5.32 Å². The normalized spacial score (nSPS) is 18.2. The van der Waals surface area contributed by atoms with Gasteiger partial charge in [-0.15, -0.1) is 11.3 Å². The number of aromatic carboxylic acids is 1. The number of carbonyl (C=O) groups excluding carboxylic acids is 1. The smallest absolute Gasteiger partial charge is 0.346 e. The topological polar surface area (TPSA) is 113 Å². The minimum absolute atomic E-state index is 0.0429. The number of fused-ring (bicyclic) bond motifs is 1. The molecule has 1 aromatic carbocycles. The van der Waals surface area contributed by atoms with Crippen molar-refractivity contribution in [3.8, 4) is 5.75 Å². The first-order chi connectivity index (χ1) is 15.9. The number of anilines is 2. The number of carboxylic acid groups (broad SMARTS) is 1. The first-order valence-corrected chi connectivity index (χ1v) is 11.7. The van der Waals surface area contributed by atoms with Crippen LogP contribution < -0.4 is 15.4 Å². The Morgan fingerprint density at radius 3 is 2.82 bits per heavy atom. The zero-order chi connectivity index (χ0) is 23.5. The molecule has 8 nitrogen and oxygen atoms in total. The molecule has 0 spiro atoms. The van der Waals surface area contributed by atoms with Crippen molar-refractivity contribution in [2.24, 2.45) is 0 Å². The first kappa shape index (κ1) is 22.9. The number of nitrogens with one attached hydrogen (secondary N) is 2. The van der Waals surface area contributed by atoms with Crippen LogP contribution in [0.2, 0.25) is 0 Å². The van der Waals surface area contributed by atoms with Crippen LogP contribution in [0.4, 0.5) is 15.9 Å². The van der Waals surface area contributed by atoms with E-state index in [1.165, 1.54) is 18.5 Å². The van der Waals surface area contributed by atoms with Gasteiger partial charge in [-0.2, -0.15) is 0 Å². The van der Waals surface area contributed by atoms with E-state index in [2.05, 4.69) is 20.6 Å². The quantitative estimate of drug-likeness (QED) is 0.453. The summed E-state index contributed by atoms with van der Waals surface area (Å²) >= 11 is 1.08. The molecule has 4 rings (SSSR count). The maximum absolute atomic E-state index is 14.1. The number of nitrogens with zero attached hydrogens (tertiary/aromatic N) is 2. The fraction of sp³-hybridized carbons (Fsp3) is 0.391. The van der Waals surface area contributed by atoms with Crippen molar-refractivity contribution in [1.29, 1.82) is 0 Å². The van der Waals surface area contributed by atoms with Crippen molar-refractivity contribution in [2.45, 2.75) is 58.1 Å². The molecule has 0 saturated heterocycles. The second kappa shape index (κ2) is 9.70. The Labute approximate surface area is 194 Å². The number of amides is 1. The summed E-state index contributed by atoms with van der Waals surface area (Å²) in [5.41, 5.74) is 1.05. The molecule has 3 N–H and O–H groups in total. The number of halogens is 1. The van der Waals surface area contributed by atoms with Crippen LogP contribution in [0.5, 0.6) is 5.75 Å². The highest BCUT2D eigenvalue weighted by Gasteiger charge is 2.29. The fourth-order valence-electron chi connectivity index (χ4n) is 4.07. The summed E-state index contributed by atoms with van der Waals surface area (Å²) in [7, 11) is 0. The standard InChI is InChI=1S/C23H25FN4O4S/c1-3-18(29)27-14-6-4-5-7-16(14)32-17-10-13(24)8-9-15(17)28-21-19-12(2)20(23(30)31)33-22(19)26-11-25-21/h8-11,14,16H,3-7H2,1-2H3,(H,27,29)(H,30,31)(H,25,26,28). The molecule has 1 saturated carbocycles. The number of aryl methyl sites for hydroxylation is 1. The summed E-state index contributed by atoms with van der Waals surface area (Å²) in [6.45, 7) is 3.51. The van der Waals surface area contributed by atoms with E-state index < -0.39 is 11.8 Å². The number of benzene rings is 1. The Morgan fingerprint density at radius 2 is 2.06 bits per heavy atom. The van der Waals surface area contributed by atoms with E-state index in [-0.39, 0.29) is 22.9 Å². The predicted molar refractivity (Wildman–Crippen MR) is 124 cm³/mol. The molecule has 0 aliphatic heterocycles. The van der Waals surface area contributed by atoms with Gasteiger partial charge in [0, 0.05) is 12.5 Å². The molecule has 0 radical (unpaired) electrons. The molecule has 2 unspecified atom stereocenters. The lowest BCUT2D eigenvalue weighted by atomic mass is 9.92. The molecule has 1 amide bonds. The zero-order valence-electron chi connectivity index (χ0n) is 18.4. The Hall–Kier alpha value is -3.27. The molecule has 1 aliphatic carbocycles. The Kier molecular flexibility index (Phi) is 6.73. The van der Waals surface area contributed by atoms with Crippen LogP contribution in [-0.4, -0.2) is 39.1 Å². The van der Waals surface area contributed by atoms with Crippen LogP contribution in [0, 0.1) is 12.7 Å². The average molecular weight is 473 g/mol. The molecular weight excluding hydrogens is 447 g/mol. The number of rotatable bonds is 7. The summed E-state index contributed by atoms with van der Waals surface area (Å²) in [5.74, 6) is -0.801. The van der Waals surface area contributed by atoms with Crippen molar-refractivity contribution >= 4 is 44.9 Å². The van der Waals surface area contributed by atoms with Gasteiger partial charge in [0.25, 0.3) is 0 Å². The number of carboxylic acids is 1. The van der Waals surface area contributed by atoms with Crippen LogP contribution in [0.1, 0.15) is 54.3 Å². The third-order valence-corrected chi connectivity index (χ3v) is 6.95. The number of hydrogen-bond donors (Lipinski definition) is 3. The van der Waals surface area contributed by atoms with E-state index in [1.54, 1.807) is 19.9 Å². The molecule has 33 heavy (non-hydrogen) atoms. The summed E-state index contributed by atoms with van der Waals surface area (Å²) in [6.07, 6.45) is 4.95. The molecule has 1 aliphatic rings. The Balaban J connectivity index is 1.66. The van der Waals surface area contributed by atoms with Gasteiger partial charge in [-0.3, -0.25) is 4.79 Å². The van der Waals surface area contributed by atoms with E-state index in [0.717, 1.165) is 37.0 Å². The minimum Gasteiger partial charge on any atom is -0.486 e. The molecule has 2 heterocycles. The second-order valence-electron chi connectivity index (χ2n) is 8.00. The van der Waals surface area contributed by atoms with Gasteiger partial charge in [0.05, 0.1) is 17.1 Å². The Morgan fingerprint density at radius 1 is 1.27 bits per heavy atom. The Bertz CT molecular complexity index is 1200. The SMILES string of the molecule is CCC(=O)NC1CCCCC1Oc1cc(F)ccc1Nc1ncnc2sc(C(=O)O)c(C)c12. The van der Waals surface area contributed by atoms with Crippen LogP contribution in [0.15, 0.2) is 24.5 Å². The van der Waals surface area contributed by atoms with Crippen LogP contribution in [0.25, 0.3) is 10.2 Å². The fourth-order valence-corrected chi connectivity index (χ4v) is 5.06. The minimum atomic E-state index is -1.02. The van der Waals surface area contributed by atoms with E-state index in [9.17, 15) is 19.1 Å². The summed E-state index contributed by atoms with van der Waals surface area (Å²) in [4.78, 5) is 32.7. The monoisotopic (exact) mass is 472 g/mol. The molecule has 1 fully saturated rings. The first-order valence-electron chi connectivity index (χ1n) is 10.9. The van der Waals surface area contributed by atoms with Gasteiger partial charge >= 0.3 is 5.97 Å². The zero-order valence-corrected chi connectivity index (χ0v) is 19.2. The van der Waals surface area contributed by atoms with Crippen molar-refractivity contribution < 1.29 is 23.8 Å². The van der Waals surface area contributed by atoms with Gasteiger partial charge in [0.15, 0.2) is 0 Å². The van der Waals surface area contributed by atoms with Crippen LogP contribution >= 0.6 is 11.3 Å². The van der Waals surface area contributed by atoms with Crippen molar-refractivity contribution in [3.63, 3.8) is 0 Å². The highest BCUT2D eigenvalue weighted by Crippen LogP contribution is 2.37. The lowest BCUT2D eigenvalue weighted by Gasteiger charge is -2.33. The number of hydrogen-bond acceptors (Lipinski definition) is 7. The van der Waals surface area contributed by atoms with E-state index in [4.69, 9.17) is 4.74 Å². The van der Waals surface area contributed by atoms with Gasteiger partial charge in [-0.05, 0) is 43.9 Å². The lowest BCUT2D eigenvalue weighted by molar-refractivity contribution is -0.122. The van der Waals surface area contributed by atoms with Gasteiger partial charge < -0.3 is 20.5 Å². The third kappa shape index (κ3) is 4.90. The number of aromatic nitrogens is 2. The predicted octanol–water partition coefficient (Wildman–Crippen LogP) is 4.80. The highest BCUT2D eigenvalue weighted by molar-refractivity contribution is 7.20. The second-order valence-corrected chi connectivity index (χ2v) is 9.00. The van der Waals surface area contributed by atoms with Crippen LogP contribution in [-0.2, 0) is 4.79 Å². The number of carbonyl (C=O) groups is 2. The third-order valence-electron chi connectivity index (χ3n) is 5.77.